The highest BCUT2D eigenvalue weighted by atomic mass is 16.3. The summed E-state index contributed by atoms with van der Waals surface area (Å²) in [6.07, 6.45) is 3.47. The first kappa shape index (κ1) is 5.69. The second kappa shape index (κ2) is 1.70. The van der Waals surface area contributed by atoms with Crippen LogP contribution in [0.1, 0.15) is 19.3 Å². The maximum atomic E-state index is 9.77. The maximum Gasteiger partial charge on any atom is 0.0811 e. The first-order valence-electron chi connectivity index (χ1n) is 3.74. The van der Waals surface area contributed by atoms with E-state index in [1.165, 1.54) is 12.8 Å². The van der Waals surface area contributed by atoms with E-state index < -0.39 is 0 Å². The van der Waals surface area contributed by atoms with Crippen molar-refractivity contribution in [3.8, 4) is 0 Å². The summed E-state index contributed by atoms with van der Waals surface area (Å²) in [4.78, 5) is 0. The molecule has 1 aliphatic heterocycles. The van der Waals surface area contributed by atoms with Crippen molar-refractivity contribution in [2.75, 3.05) is 13.1 Å². The second-order valence-electron chi connectivity index (χ2n) is 3.32. The van der Waals surface area contributed by atoms with E-state index in [1.807, 2.05) is 0 Å². The molecule has 0 radical (unpaired) electrons. The van der Waals surface area contributed by atoms with Gasteiger partial charge in [-0.3, -0.25) is 0 Å². The summed E-state index contributed by atoms with van der Waals surface area (Å²) in [6.45, 7) is 1.87. The van der Waals surface area contributed by atoms with Gasteiger partial charge in [-0.05, 0) is 12.8 Å². The number of aliphatic hydroxyl groups is 1. The highest BCUT2D eigenvalue weighted by Gasteiger charge is 2.44. The van der Waals surface area contributed by atoms with Crippen molar-refractivity contribution < 1.29 is 5.11 Å². The van der Waals surface area contributed by atoms with Crippen molar-refractivity contribution in [2.24, 2.45) is 5.92 Å². The summed E-state index contributed by atoms with van der Waals surface area (Å²) in [7, 11) is 0. The number of β-amino-alcohol motifs (C(OH)–C–C–N with tert-alkyl or cyclic N) is 1. The Morgan fingerprint density at radius 2 is 2.44 bits per heavy atom. The van der Waals surface area contributed by atoms with Crippen LogP contribution in [0.2, 0.25) is 0 Å². The normalized spacial score (nSPS) is 49.7. The van der Waals surface area contributed by atoms with Crippen LogP contribution in [0.3, 0.4) is 0 Å². The highest BCUT2D eigenvalue weighted by molar-refractivity contribution is 4.99. The molecule has 1 aliphatic carbocycles. The maximum absolute atomic E-state index is 9.77. The molecule has 2 nitrogen and oxygen atoms in total. The SMILES string of the molecule is O[C@@]12CCC[C@@H]1CNC2. The molecule has 2 heteroatoms. The molecule has 1 saturated heterocycles. The predicted octanol–water partition coefficient (Wildman–Crippen LogP) is 0.121. The molecule has 2 fully saturated rings. The van der Waals surface area contributed by atoms with Crippen molar-refractivity contribution in [3.05, 3.63) is 0 Å². The average molecular weight is 127 g/mol. The largest absolute Gasteiger partial charge is 0.388 e. The van der Waals surface area contributed by atoms with Gasteiger partial charge in [0.15, 0.2) is 0 Å². The van der Waals surface area contributed by atoms with Crippen LogP contribution in [0, 0.1) is 5.92 Å². The van der Waals surface area contributed by atoms with E-state index >= 15 is 0 Å². The molecule has 0 aromatic heterocycles. The molecule has 2 N–H and O–H groups in total. The van der Waals surface area contributed by atoms with Crippen LogP contribution >= 0.6 is 0 Å². The van der Waals surface area contributed by atoms with E-state index in [4.69, 9.17) is 0 Å². The fraction of sp³-hybridized carbons (Fsp3) is 1.00. The lowest BCUT2D eigenvalue weighted by Crippen LogP contribution is -2.32. The second-order valence-corrected chi connectivity index (χ2v) is 3.32. The minimum absolute atomic E-state index is 0.306. The topological polar surface area (TPSA) is 32.3 Å². The molecule has 2 rings (SSSR count). The van der Waals surface area contributed by atoms with E-state index in [0.717, 1.165) is 19.5 Å². The molecule has 1 saturated carbocycles. The van der Waals surface area contributed by atoms with Crippen LogP contribution in [0.25, 0.3) is 0 Å². The lowest BCUT2D eigenvalue weighted by Gasteiger charge is -2.19. The Morgan fingerprint density at radius 3 is 3.22 bits per heavy atom. The Labute approximate surface area is 55.3 Å². The van der Waals surface area contributed by atoms with Crippen LogP contribution < -0.4 is 5.32 Å². The molecule has 2 atom stereocenters. The number of nitrogens with one attached hydrogen (secondary N) is 1. The Morgan fingerprint density at radius 1 is 1.56 bits per heavy atom. The summed E-state index contributed by atoms with van der Waals surface area (Å²) in [5, 5.41) is 13.0. The lowest BCUT2D eigenvalue weighted by atomic mass is 9.95. The van der Waals surface area contributed by atoms with Crippen LogP contribution in [0.5, 0.6) is 0 Å². The van der Waals surface area contributed by atoms with Gasteiger partial charge in [0.2, 0.25) is 0 Å². The molecule has 0 aromatic carbocycles. The molecule has 0 unspecified atom stereocenters. The standard InChI is InChI=1S/C7H13NO/c9-7-3-1-2-6(7)4-8-5-7/h6,8-9H,1-5H2/t6-,7-/m1/s1. The average Bonchev–Trinajstić information content (AvgIpc) is 2.22. The Kier molecular flexibility index (Phi) is 1.08. The molecule has 0 aromatic rings. The molecule has 0 spiro atoms. The zero-order chi connectivity index (χ0) is 6.32. The molecule has 52 valence electrons. The van der Waals surface area contributed by atoms with Crippen molar-refractivity contribution >= 4 is 0 Å². The molecule has 0 bridgehead atoms. The third kappa shape index (κ3) is 0.700. The molecule has 1 heterocycles. The molecular formula is C7H13NO. The first-order valence-corrected chi connectivity index (χ1v) is 3.74. The summed E-state index contributed by atoms with van der Waals surface area (Å²) in [6, 6.07) is 0. The van der Waals surface area contributed by atoms with E-state index in [2.05, 4.69) is 5.32 Å². The van der Waals surface area contributed by atoms with Gasteiger partial charge in [-0.25, -0.2) is 0 Å². The van der Waals surface area contributed by atoms with Crippen molar-refractivity contribution in [1.29, 1.82) is 0 Å². The summed E-state index contributed by atoms with van der Waals surface area (Å²) in [5.41, 5.74) is -0.306. The minimum atomic E-state index is -0.306. The zero-order valence-electron chi connectivity index (χ0n) is 5.56. The first-order chi connectivity index (χ1) is 4.31. The van der Waals surface area contributed by atoms with Gasteiger partial charge >= 0.3 is 0 Å². The van der Waals surface area contributed by atoms with Crippen molar-refractivity contribution in [1.82, 2.24) is 5.32 Å². The van der Waals surface area contributed by atoms with Gasteiger partial charge in [-0.2, -0.15) is 0 Å². The van der Waals surface area contributed by atoms with E-state index in [9.17, 15) is 5.11 Å². The third-order valence-electron chi connectivity index (χ3n) is 2.74. The molecule has 9 heavy (non-hydrogen) atoms. The van der Waals surface area contributed by atoms with Gasteiger partial charge in [-0.1, -0.05) is 6.42 Å². The Bertz CT molecular complexity index is 114. The number of rotatable bonds is 0. The summed E-state index contributed by atoms with van der Waals surface area (Å²) < 4.78 is 0. The zero-order valence-corrected chi connectivity index (χ0v) is 5.56. The van der Waals surface area contributed by atoms with Gasteiger partial charge in [-0.15, -0.1) is 0 Å². The quantitative estimate of drug-likeness (QED) is 0.484. The van der Waals surface area contributed by atoms with Gasteiger partial charge in [0.1, 0.15) is 0 Å². The van der Waals surface area contributed by atoms with Gasteiger partial charge < -0.3 is 10.4 Å². The van der Waals surface area contributed by atoms with Gasteiger partial charge in [0, 0.05) is 19.0 Å². The van der Waals surface area contributed by atoms with Crippen LogP contribution in [-0.2, 0) is 0 Å². The number of fused-ring (bicyclic) bond motifs is 1. The molecule has 0 amide bonds. The lowest BCUT2D eigenvalue weighted by molar-refractivity contribution is 0.0381. The van der Waals surface area contributed by atoms with Gasteiger partial charge in [0.05, 0.1) is 5.60 Å². The third-order valence-corrected chi connectivity index (χ3v) is 2.74. The summed E-state index contributed by atoms with van der Waals surface area (Å²) >= 11 is 0. The van der Waals surface area contributed by atoms with E-state index in [0.29, 0.717) is 5.92 Å². The van der Waals surface area contributed by atoms with Crippen molar-refractivity contribution in [3.63, 3.8) is 0 Å². The summed E-state index contributed by atoms with van der Waals surface area (Å²) in [5.74, 6) is 0.567. The molecular weight excluding hydrogens is 114 g/mol. The fourth-order valence-corrected chi connectivity index (χ4v) is 2.12. The smallest absolute Gasteiger partial charge is 0.0811 e. The number of hydrogen-bond donors (Lipinski definition) is 2. The van der Waals surface area contributed by atoms with Crippen LogP contribution in [0.4, 0.5) is 0 Å². The Hall–Kier alpha value is -0.0800. The fourth-order valence-electron chi connectivity index (χ4n) is 2.12. The van der Waals surface area contributed by atoms with E-state index in [-0.39, 0.29) is 5.60 Å². The number of hydrogen-bond acceptors (Lipinski definition) is 2. The molecule has 2 aliphatic rings. The van der Waals surface area contributed by atoms with E-state index in [1.54, 1.807) is 0 Å². The highest BCUT2D eigenvalue weighted by Crippen LogP contribution is 2.37. The van der Waals surface area contributed by atoms with Crippen LogP contribution in [-0.4, -0.2) is 23.8 Å². The van der Waals surface area contributed by atoms with Crippen molar-refractivity contribution in [2.45, 2.75) is 24.9 Å². The Balaban J connectivity index is 2.17. The van der Waals surface area contributed by atoms with Gasteiger partial charge in [0.25, 0.3) is 0 Å². The van der Waals surface area contributed by atoms with Crippen LogP contribution in [0.15, 0.2) is 0 Å². The monoisotopic (exact) mass is 127 g/mol. The minimum Gasteiger partial charge on any atom is -0.388 e. The predicted molar refractivity (Wildman–Crippen MR) is 35.2 cm³/mol.